The average molecular weight is 770 g/mol. The Hall–Kier alpha value is -5.93. The zero-order chi connectivity index (χ0) is 39.3. The first-order chi connectivity index (χ1) is 27.2. The normalized spacial score (nSPS) is 12.1. The number of nitriles is 1. The number of allylic oxidation sites excluding steroid dienone is 5. The fraction of sp³-hybridized carbons (Fsp3) is 0.160. The highest BCUT2D eigenvalue weighted by Gasteiger charge is 2.27. The van der Waals surface area contributed by atoms with Crippen LogP contribution in [0.5, 0.6) is 0 Å². The molecule has 0 atom stereocenters. The van der Waals surface area contributed by atoms with Crippen LogP contribution >= 0.6 is 22.9 Å². The summed E-state index contributed by atoms with van der Waals surface area (Å²) in [6.07, 6.45) is 8.70. The van der Waals surface area contributed by atoms with Gasteiger partial charge in [-0.2, -0.15) is 9.84 Å². The van der Waals surface area contributed by atoms with Gasteiger partial charge in [0.25, 0.3) is 0 Å². The van der Waals surface area contributed by atoms with E-state index in [1.807, 2.05) is 30.3 Å². The minimum Gasteiger partial charge on any atom is -0.346 e. The van der Waals surface area contributed by atoms with Crippen molar-refractivity contribution >= 4 is 62.0 Å². The largest absolute Gasteiger partial charge is 0.346 e. The van der Waals surface area contributed by atoms with Crippen LogP contribution < -0.4 is 10.2 Å². The maximum atomic E-state index is 10.9. The minimum atomic E-state index is 0.319. The first kappa shape index (κ1) is 38.3. The second kappa shape index (κ2) is 16.8. The van der Waals surface area contributed by atoms with Gasteiger partial charge >= 0.3 is 0 Å². The molecule has 56 heavy (non-hydrogen) atoms. The van der Waals surface area contributed by atoms with Crippen LogP contribution in [0.2, 0.25) is 0 Å². The highest BCUT2D eigenvalue weighted by atomic mass is 35.5. The maximum absolute atomic E-state index is 10.9. The molecule has 0 saturated carbocycles. The number of rotatable bonds is 10. The van der Waals surface area contributed by atoms with Crippen molar-refractivity contribution in [1.29, 1.82) is 5.26 Å². The van der Waals surface area contributed by atoms with Crippen LogP contribution in [0.3, 0.4) is 0 Å². The minimum absolute atomic E-state index is 0.319. The van der Waals surface area contributed by atoms with Crippen LogP contribution in [0.25, 0.3) is 16.7 Å². The van der Waals surface area contributed by atoms with Gasteiger partial charge < -0.3 is 10.2 Å². The first-order valence-corrected chi connectivity index (χ1v) is 20.4. The molecular weight excluding hydrogens is 724 g/mol. The summed E-state index contributed by atoms with van der Waals surface area (Å²) in [5, 5.41) is 15.4. The molecule has 7 rings (SSSR count). The summed E-state index contributed by atoms with van der Waals surface area (Å²) in [6.45, 7) is 13.7. The molecule has 1 aromatic heterocycles. The number of para-hydroxylation sites is 3. The number of thiophene rings is 1. The number of hydrogen-bond acceptors (Lipinski definition) is 4. The van der Waals surface area contributed by atoms with E-state index in [-0.39, 0.29) is 0 Å². The van der Waals surface area contributed by atoms with E-state index < -0.39 is 0 Å². The molecule has 4 nitrogen and oxygen atoms in total. The van der Waals surface area contributed by atoms with Gasteiger partial charge in [-0.05, 0) is 105 Å². The van der Waals surface area contributed by atoms with E-state index in [2.05, 4.69) is 172 Å². The Morgan fingerprint density at radius 2 is 1.30 bits per heavy atom. The van der Waals surface area contributed by atoms with Gasteiger partial charge in [0, 0.05) is 62.9 Å². The Balaban J connectivity index is 1.45. The van der Waals surface area contributed by atoms with Gasteiger partial charge in [-0.25, -0.2) is 0 Å². The Kier molecular flexibility index (Phi) is 11.5. The molecule has 1 aliphatic carbocycles. The van der Waals surface area contributed by atoms with Gasteiger partial charge in [0.05, 0.1) is 5.56 Å². The summed E-state index contributed by atoms with van der Waals surface area (Å²) >= 11 is 8.30. The molecular formula is C50H46ClN4S+. The van der Waals surface area contributed by atoms with Crippen molar-refractivity contribution in [2.24, 2.45) is 0 Å². The SMILES string of the molecule is CCN(c1ccc(C(=C2C=CC(=[N+](CCl)c3c(C)cccc3C)C=C2)c2sc(Nc3ccccc3C)c(C#N)c2-c2ccccc2)cc1)c1c(C)cccc1C. The van der Waals surface area contributed by atoms with Crippen LogP contribution in [0, 0.1) is 45.9 Å². The predicted octanol–water partition coefficient (Wildman–Crippen LogP) is 13.6. The van der Waals surface area contributed by atoms with Crippen LogP contribution in [-0.4, -0.2) is 22.8 Å². The number of halogens is 1. The molecule has 0 amide bonds. The lowest BCUT2D eigenvalue weighted by molar-refractivity contribution is -0.418. The molecule has 5 aromatic carbocycles. The molecule has 1 N–H and O–H groups in total. The quantitative estimate of drug-likeness (QED) is 0.0857. The summed E-state index contributed by atoms with van der Waals surface area (Å²) in [6, 6.07) is 43.1. The second-order valence-corrected chi connectivity index (χ2v) is 15.4. The Labute approximate surface area is 340 Å². The van der Waals surface area contributed by atoms with Gasteiger partial charge in [-0.1, -0.05) is 109 Å². The van der Waals surface area contributed by atoms with Crippen molar-refractivity contribution in [3.63, 3.8) is 0 Å². The Morgan fingerprint density at radius 3 is 1.89 bits per heavy atom. The number of anilines is 4. The fourth-order valence-corrected chi connectivity index (χ4v) is 9.29. The maximum Gasteiger partial charge on any atom is 0.223 e. The van der Waals surface area contributed by atoms with Crippen LogP contribution in [-0.2, 0) is 0 Å². The van der Waals surface area contributed by atoms with Gasteiger partial charge in [0.1, 0.15) is 11.1 Å². The summed E-state index contributed by atoms with van der Waals surface area (Å²) in [5.74, 6) is 0. The zero-order valence-corrected chi connectivity index (χ0v) is 34.4. The molecule has 0 spiro atoms. The van der Waals surface area contributed by atoms with Crippen molar-refractivity contribution in [3.05, 3.63) is 189 Å². The molecule has 0 aliphatic heterocycles. The van der Waals surface area contributed by atoms with Gasteiger partial charge in [0.2, 0.25) is 17.4 Å². The number of alkyl halides is 1. The summed E-state index contributed by atoms with van der Waals surface area (Å²) < 4.78 is 2.16. The highest BCUT2D eigenvalue weighted by molar-refractivity contribution is 7.18. The highest BCUT2D eigenvalue weighted by Crippen LogP contribution is 2.48. The number of nitrogens with zero attached hydrogens (tertiary/aromatic N) is 3. The van der Waals surface area contributed by atoms with Crippen LogP contribution in [0.4, 0.5) is 27.8 Å². The third-order valence-corrected chi connectivity index (χ3v) is 11.9. The van der Waals surface area contributed by atoms with Gasteiger partial charge in [-0.3, -0.25) is 0 Å². The first-order valence-electron chi connectivity index (χ1n) is 19.0. The van der Waals surface area contributed by atoms with Crippen molar-refractivity contribution in [1.82, 2.24) is 0 Å². The molecule has 0 fully saturated rings. The van der Waals surface area contributed by atoms with E-state index in [9.17, 15) is 5.26 Å². The number of nitrogens with one attached hydrogen (secondary N) is 1. The van der Waals surface area contributed by atoms with Crippen molar-refractivity contribution in [3.8, 4) is 17.2 Å². The lowest BCUT2D eigenvalue weighted by Crippen LogP contribution is -2.18. The average Bonchev–Trinajstić information content (AvgIpc) is 3.57. The number of hydrogen-bond donors (Lipinski definition) is 1. The number of aryl methyl sites for hydroxylation is 5. The number of benzene rings is 5. The third kappa shape index (κ3) is 7.51. The smallest absolute Gasteiger partial charge is 0.223 e. The molecule has 0 radical (unpaired) electrons. The van der Waals surface area contributed by atoms with E-state index in [1.165, 1.54) is 27.9 Å². The standard InChI is InChI=1S/C50H45ClN4S/c1-7-54(47-34(3)16-13-17-35(47)4)41-27-23-39(24-28-41)45(40-25-29-42(30-26-40)55(32-51)48-36(5)18-14-19-37(48)6)49-46(38-20-9-8-10-21-38)43(31-52)50(56-49)53-44-22-12-11-15-33(44)2/h8-30H,7,32H2,1-6H3/p+1. The van der Waals surface area contributed by atoms with E-state index >= 15 is 0 Å². The molecule has 1 heterocycles. The summed E-state index contributed by atoms with van der Waals surface area (Å²) in [5.41, 5.74) is 17.1. The van der Waals surface area contributed by atoms with Crippen LogP contribution in [0.15, 0.2) is 145 Å². The van der Waals surface area contributed by atoms with Gasteiger partial charge in [0.15, 0.2) is 0 Å². The summed E-state index contributed by atoms with van der Waals surface area (Å²) in [4.78, 5) is 3.41. The molecule has 1 aliphatic rings. The zero-order valence-electron chi connectivity index (χ0n) is 32.8. The molecule has 0 unspecified atom stereocenters. The van der Waals surface area contributed by atoms with Crippen LogP contribution in [0.1, 0.15) is 50.7 Å². The lowest BCUT2D eigenvalue weighted by Gasteiger charge is -2.27. The monoisotopic (exact) mass is 769 g/mol. The molecule has 6 heteroatoms. The molecule has 6 aromatic rings. The Morgan fingerprint density at radius 1 is 0.714 bits per heavy atom. The van der Waals surface area contributed by atoms with E-state index in [0.717, 1.165) is 72.6 Å². The fourth-order valence-electron chi connectivity index (χ4n) is 7.75. The molecule has 0 bridgehead atoms. The van der Waals surface area contributed by atoms with E-state index in [1.54, 1.807) is 11.3 Å². The van der Waals surface area contributed by atoms with Crippen molar-refractivity contribution < 1.29 is 4.58 Å². The topological polar surface area (TPSA) is 42.1 Å². The Bertz CT molecular complexity index is 2520. The van der Waals surface area contributed by atoms with Crippen molar-refractivity contribution in [2.75, 3.05) is 22.8 Å². The van der Waals surface area contributed by atoms with E-state index in [0.29, 0.717) is 11.6 Å². The van der Waals surface area contributed by atoms with Crippen molar-refractivity contribution in [2.45, 2.75) is 41.5 Å². The molecule has 0 saturated heterocycles. The van der Waals surface area contributed by atoms with E-state index in [4.69, 9.17) is 11.6 Å². The van der Waals surface area contributed by atoms with Gasteiger partial charge in [-0.15, -0.1) is 11.3 Å². The summed E-state index contributed by atoms with van der Waals surface area (Å²) in [7, 11) is 0. The molecule has 278 valence electrons. The lowest BCUT2D eigenvalue weighted by atomic mass is 9.90. The third-order valence-electron chi connectivity index (χ3n) is 10.5. The second-order valence-electron chi connectivity index (χ2n) is 14.2. The predicted molar refractivity (Wildman–Crippen MR) is 240 cm³/mol.